The molecule has 3 aliphatic rings. The molecule has 4 rings (SSSR count). The van der Waals surface area contributed by atoms with Gasteiger partial charge in [-0.25, -0.2) is 0 Å². The van der Waals surface area contributed by atoms with Crippen LogP contribution in [0.5, 0.6) is 0 Å². The molecule has 2 unspecified atom stereocenters. The number of rotatable bonds is 3. The molecule has 2 atom stereocenters. The Morgan fingerprint density at radius 1 is 1.12 bits per heavy atom. The van der Waals surface area contributed by atoms with Crippen molar-refractivity contribution in [1.82, 2.24) is 5.32 Å². The van der Waals surface area contributed by atoms with Crippen molar-refractivity contribution in [2.75, 3.05) is 18.0 Å². The van der Waals surface area contributed by atoms with Crippen LogP contribution >= 0.6 is 0 Å². The maximum atomic E-state index is 13.2. The van der Waals surface area contributed by atoms with E-state index in [-0.39, 0.29) is 5.91 Å². The van der Waals surface area contributed by atoms with Gasteiger partial charge in [-0.15, -0.1) is 0 Å². The third kappa shape index (κ3) is 3.41. The minimum absolute atomic E-state index is 0.114. The van der Waals surface area contributed by atoms with Crippen LogP contribution in [0.3, 0.4) is 0 Å². The van der Waals surface area contributed by atoms with Gasteiger partial charge in [-0.1, -0.05) is 18.1 Å². The number of anilines is 1. The van der Waals surface area contributed by atoms with Crippen LogP contribution in [0.25, 0.3) is 0 Å². The van der Waals surface area contributed by atoms with Crippen LogP contribution in [0.4, 0.5) is 5.69 Å². The lowest BCUT2D eigenvalue weighted by Crippen LogP contribution is -2.53. The van der Waals surface area contributed by atoms with E-state index in [0.29, 0.717) is 23.9 Å². The van der Waals surface area contributed by atoms with E-state index < -0.39 is 0 Å². The summed E-state index contributed by atoms with van der Waals surface area (Å²) in [4.78, 5) is 15.6. The first-order valence-electron chi connectivity index (χ1n) is 10.0. The van der Waals surface area contributed by atoms with Crippen molar-refractivity contribution in [3.63, 3.8) is 0 Å². The second kappa shape index (κ2) is 6.99. The van der Waals surface area contributed by atoms with Crippen molar-refractivity contribution >= 4 is 11.6 Å². The molecule has 3 fully saturated rings. The van der Waals surface area contributed by atoms with E-state index in [9.17, 15) is 4.79 Å². The quantitative estimate of drug-likeness (QED) is 0.887. The molecule has 2 bridgehead atoms. The van der Waals surface area contributed by atoms with Gasteiger partial charge < -0.3 is 16.0 Å². The average molecular weight is 341 g/mol. The van der Waals surface area contributed by atoms with E-state index in [2.05, 4.69) is 35.3 Å². The van der Waals surface area contributed by atoms with E-state index in [1.807, 2.05) is 0 Å². The van der Waals surface area contributed by atoms with Crippen LogP contribution in [0.2, 0.25) is 0 Å². The molecule has 3 N–H and O–H groups in total. The van der Waals surface area contributed by atoms with Crippen molar-refractivity contribution in [2.24, 2.45) is 17.6 Å². The molecule has 1 heterocycles. The first-order valence-corrected chi connectivity index (χ1v) is 10.0. The fourth-order valence-corrected chi connectivity index (χ4v) is 5.32. The van der Waals surface area contributed by atoms with Gasteiger partial charge >= 0.3 is 0 Å². The molecule has 0 radical (unpaired) electrons. The third-order valence-electron chi connectivity index (χ3n) is 6.52. The Balaban J connectivity index is 1.56. The number of benzene rings is 1. The lowest BCUT2D eigenvalue weighted by molar-refractivity contribution is 0.0756. The lowest BCUT2D eigenvalue weighted by Gasteiger charge is -2.45. The highest BCUT2D eigenvalue weighted by Gasteiger charge is 2.40. The van der Waals surface area contributed by atoms with Gasteiger partial charge in [-0.2, -0.15) is 0 Å². The zero-order valence-corrected chi connectivity index (χ0v) is 15.3. The number of fused-ring (bicyclic) bond motifs is 2. The van der Waals surface area contributed by atoms with Gasteiger partial charge in [0.25, 0.3) is 5.91 Å². The first-order chi connectivity index (χ1) is 12.1. The molecule has 1 amide bonds. The average Bonchev–Trinajstić information content (AvgIpc) is 3.10. The minimum Gasteiger partial charge on any atom is -0.371 e. The predicted octanol–water partition coefficient (Wildman–Crippen LogP) is 3.23. The number of nitrogens with zero attached hydrogens (tertiary/aromatic N) is 1. The summed E-state index contributed by atoms with van der Waals surface area (Å²) in [6.45, 7) is 4.19. The zero-order valence-electron chi connectivity index (χ0n) is 15.3. The maximum Gasteiger partial charge on any atom is 0.253 e. The minimum atomic E-state index is 0.114. The summed E-state index contributed by atoms with van der Waals surface area (Å²) in [5, 5.41) is 3.43. The molecule has 136 valence electrons. The second-order valence-corrected chi connectivity index (χ2v) is 8.40. The van der Waals surface area contributed by atoms with Crippen molar-refractivity contribution in [3.05, 3.63) is 29.3 Å². The van der Waals surface area contributed by atoms with E-state index >= 15 is 0 Å². The van der Waals surface area contributed by atoms with E-state index in [4.69, 9.17) is 5.73 Å². The fourth-order valence-electron chi connectivity index (χ4n) is 5.32. The van der Waals surface area contributed by atoms with E-state index in [1.54, 1.807) is 0 Å². The molecule has 4 heteroatoms. The highest BCUT2D eigenvalue weighted by molar-refractivity contribution is 6.00. The summed E-state index contributed by atoms with van der Waals surface area (Å²) in [7, 11) is 0. The number of amides is 1. The standard InChI is InChI=1S/C21H31N3O/c1-14-7-8-19(24-9-2-3-10-24)18(11-14)21(25)23-20-15-5-4-6-16(20)13-17(22)12-15/h7-8,11,15-17,20H,2-6,9-10,12-13,22H2,1H3,(H,23,25). The molecule has 1 saturated heterocycles. The first kappa shape index (κ1) is 16.9. The molecule has 0 spiro atoms. The fraction of sp³-hybridized carbons (Fsp3) is 0.667. The summed E-state index contributed by atoms with van der Waals surface area (Å²) >= 11 is 0. The molecule has 1 aliphatic heterocycles. The number of carbonyl (C=O) groups is 1. The van der Waals surface area contributed by atoms with Crippen LogP contribution in [-0.2, 0) is 0 Å². The second-order valence-electron chi connectivity index (χ2n) is 8.40. The molecule has 25 heavy (non-hydrogen) atoms. The van der Waals surface area contributed by atoms with Gasteiger partial charge in [-0.3, -0.25) is 4.79 Å². The zero-order chi connectivity index (χ0) is 17.4. The SMILES string of the molecule is Cc1ccc(N2CCCC2)c(C(=O)NC2C3CCCC2CC(N)C3)c1. The van der Waals surface area contributed by atoms with E-state index in [1.165, 1.54) is 32.1 Å². The Labute approximate surface area is 151 Å². The Kier molecular flexibility index (Phi) is 4.72. The number of nitrogens with one attached hydrogen (secondary N) is 1. The topological polar surface area (TPSA) is 58.4 Å². The molecular formula is C21H31N3O. The largest absolute Gasteiger partial charge is 0.371 e. The monoisotopic (exact) mass is 341 g/mol. The number of hydrogen-bond acceptors (Lipinski definition) is 3. The van der Waals surface area contributed by atoms with Crippen LogP contribution in [-0.4, -0.2) is 31.1 Å². The van der Waals surface area contributed by atoms with Gasteiger partial charge in [0.2, 0.25) is 0 Å². The van der Waals surface area contributed by atoms with Gasteiger partial charge in [0.1, 0.15) is 0 Å². The molecule has 1 aromatic rings. The summed E-state index contributed by atoms with van der Waals surface area (Å²) in [6.07, 6.45) is 8.28. The lowest BCUT2D eigenvalue weighted by atomic mass is 9.67. The van der Waals surface area contributed by atoms with Crippen molar-refractivity contribution in [3.8, 4) is 0 Å². The number of aryl methyl sites for hydroxylation is 1. The van der Waals surface area contributed by atoms with Crippen molar-refractivity contribution in [1.29, 1.82) is 0 Å². The smallest absolute Gasteiger partial charge is 0.253 e. The Morgan fingerprint density at radius 2 is 1.80 bits per heavy atom. The van der Waals surface area contributed by atoms with Gasteiger partial charge in [0, 0.05) is 30.9 Å². The van der Waals surface area contributed by atoms with Crippen LogP contribution in [0, 0.1) is 18.8 Å². The maximum absolute atomic E-state index is 13.2. The number of carbonyl (C=O) groups excluding carboxylic acids is 1. The number of hydrogen-bond donors (Lipinski definition) is 2. The molecule has 1 aromatic carbocycles. The van der Waals surface area contributed by atoms with Crippen LogP contribution < -0.4 is 16.0 Å². The predicted molar refractivity (Wildman–Crippen MR) is 102 cm³/mol. The molecule has 2 aliphatic carbocycles. The normalized spacial score (nSPS) is 31.8. The molecule has 0 aromatic heterocycles. The van der Waals surface area contributed by atoms with Gasteiger partial charge in [0.05, 0.1) is 5.56 Å². The highest BCUT2D eigenvalue weighted by atomic mass is 16.1. The molecule has 2 saturated carbocycles. The highest BCUT2D eigenvalue weighted by Crippen LogP contribution is 2.40. The Morgan fingerprint density at radius 3 is 2.48 bits per heavy atom. The Hall–Kier alpha value is -1.55. The van der Waals surface area contributed by atoms with E-state index in [0.717, 1.165) is 42.7 Å². The molecular weight excluding hydrogens is 310 g/mol. The summed E-state index contributed by atoms with van der Waals surface area (Å²) < 4.78 is 0. The Bertz CT molecular complexity index is 624. The van der Waals surface area contributed by atoms with Crippen LogP contribution in [0.1, 0.15) is 60.9 Å². The summed E-state index contributed by atoms with van der Waals surface area (Å²) in [6, 6.07) is 6.95. The van der Waals surface area contributed by atoms with Crippen molar-refractivity contribution in [2.45, 2.75) is 64.0 Å². The van der Waals surface area contributed by atoms with Gasteiger partial charge in [0.15, 0.2) is 0 Å². The summed E-state index contributed by atoms with van der Waals surface area (Å²) in [5.41, 5.74) is 9.35. The van der Waals surface area contributed by atoms with Gasteiger partial charge in [-0.05, 0) is 69.4 Å². The third-order valence-corrected chi connectivity index (χ3v) is 6.52. The van der Waals surface area contributed by atoms with Crippen molar-refractivity contribution < 1.29 is 4.79 Å². The molecule has 4 nitrogen and oxygen atoms in total. The summed E-state index contributed by atoms with van der Waals surface area (Å²) in [5.74, 6) is 1.24. The number of nitrogens with two attached hydrogens (primary N) is 1. The van der Waals surface area contributed by atoms with Crippen LogP contribution in [0.15, 0.2) is 18.2 Å².